The number of hydrogen-bond donors (Lipinski definition) is 0. The summed E-state index contributed by atoms with van der Waals surface area (Å²) in [5.41, 5.74) is 0.963. The Morgan fingerprint density at radius 1 is 1.19 bits per heavy atom. The van der Waals surface area contributed by atoms with E-state index in [9.17, 15) is 0 Å². The molecule has 0 aliphatic rings. The van der Waals surface area contributed by atoms with E-state index in [0.717, 1.165) is 24.7 Å². The van der Waals surface area contributed by atoms with Gasteiger partial charge in [-0.3, -0.25) is 0 Å². The summed E-state index contributed by atoms with van der Waals surface area (Å²) in [4.78, 5) is 10.7. The van der Waals surface area contributed by atoms with Crippen LogP contribution >= 0.6 is 0 Å². The fourth-order valence-electron chi connectivity index (χ4n) is 1.30. The maximum absolute atomic E-state index is 5.07. The first-order valence-electron chi connectivity index (χ1n) is 5.30. The van der Waals surface area contributed by atoms with Gasteiger partial charge >= 0.3 is 0 Å². The summed E-state index contributed by atoms with van der Waals surface area (Å²) < 4.78 is 10.1. The molecule has 0 spiro atoms. The Morgan fingerprint density at radius 2 is 1.81 bits per heavy atom. The predicted molar refractivity (Wildman–Crippen MR) is 62.7 cm³/mol. The molecule has 0 bridgehead atoms. The van der Waals surface area contributed by atoms with Crippen molar-refractivity contribution in [2.45, 2.75) is 6.92 Å². The summed E-state index contributed by atoms with van der Waals surface area (Å²) >= 11 is 0. The number of aromatic nitrogens is 2. The molecule has 1 heterocycles. The van der Waals surface area contributed by atoms with Crippen molar-refractivity contribution in [2.75, 3.05) is 45.4 Å². The van der Waals surface area contributed by atoms with E-state index in [4.69, 9.17) is 9.47 Å². The van der Waals surface area contributed by atoms with E-state index in [1.807, 2.05) is 13.0 Å². The van der Waals surface area contributed by atoms with Crippen LogP contribution in [0.2, 0.25) is 0 Å². The second kappa shape index (κ2) is 7.14. The van der Waals surface area contributed by atoms with Crippen molar-refractivity contribution < 1.29 is 9.47 Å². The quantitative estimate of drug-likeness (QED) is 0.689. The molecule has 1 aromatic rings. The van der Waals surface area contributed by atoms with E-state index in [2.05, 4.69) is 14.9 Å². The minimum absolute atomic E-state index is 0.654. The molecule has 0 amide bonds. The lowest BCUT2D eigenvalue weighted by molar-refractivity contribution is 0.189. The molecule has 0 aliphatic carbocycles. The SMILES string of the molecule is COCCN(CCOC)c1nccc(C)n1. The standard InChI is InChI=1S/C11H19N3O2/c1-10-4-5-12-11(13-10)14(6-8-15-2)7-9-16-3/h4-5H,6-9H2,1-3H3. The molecule has 0 saturated heterocycles. The van der Waals surface area contributed by atoms with Gasteiger partial charge in [-0.1, -0.05) is 0 Å². The highest BCUT2D eigenvalue weighted by molar-refractivity contribution is 5.29. The molecular weight excluding hydrogens is 206 g/mol. The Kier molecular flexibility index (Phi) is 5.74. The van der Waals surface area contributed by atoms with Crippen LogP contribution in [0.1, 0.15) is 5.69 Å². The normalized spacial score (nSPS) is 10.4. The molecule has 0 N–H and O–H groups in total. The molecule has 0 unspecified atom stereocenters. The summed E-state index contributed by atoms with van der Waals surface area (Å²) in [6.45, 7) is 4.80. The number of aryl methyl sites for hydroxylation is 1. The minimum atomic E-state index is 0.654. The molecule has 16 heavy (non-hydrogen) atoms. The number of ether oxygens (including phenoxy) is 2. The highest BCUT2D eigenvalue weighted by atomic mass is 16.5. The Hall–Kier alpha value is -1.20. The first kappa shape index (κ1) is 12.9. The van der Waals surface area contributed by atoms with Crippen LogP contribution < -0.4 is 4.90 Å². The third-order valence-corrected chi connectivity index (χ3v) is 2.20. The van der Waals surface area contributed by atoms with Crippen molar-refractivity contribution >= 4 is 5.95 Å². The van der Waals surface area contributed by atoms with Gasteiger partial charge in [-0.2, -0.15) is 0 Å². The predicted octanol–water partition coefficient (Wildman–Crippen LogP) is 0.884. The largest absolute Gasteiger partial charge is 0.383 e. The molecule has 0 atom stereocenters. The molecule has 0 fully saturated rings. The number of hydrogen-bond acceptors (Lipinski definition) is 5. The summed E-state index contributed by atoms with van der Waals surface area (Å²) in [6.07, 6.45) is 1.77. The first-order chi connectivity index (χ1) is 7.77. The molecule has 0 radical (unpaired) electrons. The lowest BCUT2D eigenvalue weighted by Crippen LogP contribution is -2.32. The number of rotatable bonds is 7. The Morgan fingerprint density at radius 3 is 2.31 bits per heavy atom. The molecular formula is C11H19N3O2. The van der Waals surface area contributed by atoms with Crippen LogP contribution in [0.15, 0.2) is 12.3 Å². The molecule has 1 rings (SSSR count). The fraction of sp³-hybridized carbons (Fsp3) is 0.636. The van der Waals surface area contributed by atoms with Crippen LogP contribution in [0.25, 0.3) is 0 Å². The van der Waals surface area contributed by atoms with E-state index >= 15 is 0 Å². The van der Waals surface area contributed by atoms with Crippen LogP contribution in [0.5, 0.6) is 0 Å². The molecule has 0 aliphatic heterocycles. The van der Waals surface area contributed by atoms with Crippen molar-refractivity contribution in [1.29, 1.82) is 0 Å². The third kappa shape index (κ3) is 4.12. The zero-order valence-electron chi connectivity index (χ0n) is 10.1. The zero-order valence-corrected chi connectivity index (χ0v) is 10.1. The Bertz CT molecular complexity index is 299. The van der Waals surface area contributed by atoms with Gasteiger partial charge in [0.05, 0.1) is 13.2 Å². The van der Waals surface area contributed by atoms with E-state index < -0.39 is 0 Å². The van der Waals surface area contributed by atoms with Gasteiger partial charge in [0.15, 0.2) is 0 Å². The molecule has 0 saturated carbocycles. The van der Waals surface area contributed by atoms with Gasteiger partial charge in [0.2, 0.25) is 5.95 Å². The lowest BCUT2D eigenvalue weighted by atomic mass is 10.4. The zero-order chi connectivity index (χ0) is 11.8. The van der Waals surface area contributed by atoms with Gasteiger partial charge < -0.3 is 14.4 Å². The number of methoxy groups -OCH3 is 2. The molecule has 5 heteroatoms. The maximum Gasteiger partial charge on any atom is 0.225 e. The minimum Gasteiger partial charge on any atom is -0.383 e. The highest BCUT2D eigenvalue weighted by Gasteiger charge is 2.08. The van der Waals surface area contributed by atoms with Crippen LogP contribution in [-0.2, 0) is 9.47 Å². The van der Waals surface area contributed by atoms with Gasteiger partial charge in [0.1, 0.15) is 0 Å². The van der Waals surface area contributed by atoms with Gasteiger partial charge in [-0.25, -0.2) is 9.97 Å². The van der Waals surface area contributed by atoms with Crippen molar-refractivity contribution in [1.82, 2.24) is 9.97 Å². The van der Waals surface area contributed by atoms with Crippen molar-refractivity contribution in [3.05, 3.63) is 18.0 Å². The monoisotopic (exact) mass is 225 g/mol. The first-order valence-corrected chi connectivity index (χ1v) is 5.30. The van der Waals surface area contributed by atoms with E-state index in [0.29, 0.717) is 13.2 Å². The third-order valence-electron chi connectivity index (χ3n) is 2.20. The Labute approximate surface area is 96.4 Å². The van der Waals surface area contributed by atoms with Crippen LogP contribution in [0.4, 0.5) is 5.95 Å². The molecule has 0 aromatic carbocycles. The lowest BCUT2D eigenvalue weighted by Gasteiger charge is -2.21. The van der Waals surface area contributed by atoms with Gasteiger partial charge in [-0.05, 0) is 13.0 Å². The second-order valence-electron chi connectivity index (χ2n) is 3.47. The summed E-state index contributed by atoms with van der Waals surface area (Å²) in [5.74, 6) is 0.731. The van der Waals surface area contributed by atoms with E-state index in [1.165, 1.54) is 0 Å². The van der Waals surface area contributed by atoms with Crippen molar-refractivity contribution in [3.8, 4) is 0 Å². The molecule has 1 aromatic heterocycles. The van der Waals surface area contributed by atoms with E-state index in [1.54, 1.807) is 20.4 Å². The van der Waals surface area contributed by atoms with Gasteiger partial charge in [0.25, 0.3) is 0 Å². The van der Waals surface area contributed by atoms with E-state index in [-0.39, 0.29) is 0 Å². The van der Waals surface area contributed by atoms with Crippen LogP contribution in [-0.4, -0.2) is 50.5 Å². The van der Waals surface area contributed by atoms with Crippen molar-refractivity contribution in [3.63, 3.8) is 0 Å². The highest BCUT2D eigenvalue weighted by Crippen LogP contribution is 2.06. The molecule has 90 valence electrons. The van der Waals surface area contributed by atoms with Gasteiger partial charge in [-0.15, -0.1) is 0 Å². The summed E-state index contributed by atoms with van der Waals surface area (Å²) in [5, 5.41) is 0. The Balaban J connectivity index is 2.66. The average Bonchev–Trinajstić information content (AvgIpc) is 2.29. The average molecular weight is 225 g/mol. The molecule has 5 nitrogen and oxygen atoms in total. The van der Waals surface area contributed by atoms with Crippen molar-refractivity contribution in [2.24, 2.45) is 0 Å². The topological polar surface area (TPSA) is 47.5 Å². The van der Waals surface area contributed by atoms with Crippen LogP contribution in [0, 0.1) is 6.92 Å². The maximum atomic E-state index is 5.07. The number of anilines is 1. The summed E-state index contributed by atoms with van der Waals surface area (Å²) in [6, 6.07) is 1.88. The summed E-state index contributed by atoms with van der Waals surface area (Å²) in [7, 11) is 3.37. The number of nitrogens with zero attached hydrogens (tertiary/aromatic N) is 3. The fourth-order valence-corrected chi connectivity index (χ4v) is 1.30. The second-order valence-corrected chi connectivity index (χ2v) is 3.47. The van der Waals surface area contributed by atoms with Crippen LogP contribution in [0.3, 0.4) is 0 Å². The smallest absolute Gasteiger partial charge is 0.225 e. The van der Waals surface area contributed by atoms with Gasteiger partial charge in [0, 0.05) is 39.2 Å².